The zero-order valence-corrected chi connectivity index (χ0v) is 15.0. The summed E-state index contributed by atoms with van der Waals surface area (Å²) in [5.41, 5.74) is 15.5. The van der Waals surface area contributed by atoms with Crippen molar-refractivity contribution in [3.63, 3.8) is 0 Å². The van der Waals surface area contributed by atoms with Crippen LogP contribution in [-0.2, 0) is 0 Å². The predicted octanol–water partition coefficient (Wildman–Crippen LogP) is 2.50. The van der Waals surface area contributed by atoms with Gasteiger partial charge in [0.2, 0.25) is 0 Å². The molecule has 0 spiro atoms. The maximum Gasteiger partial charge on any atom is 0.267 e. The molecule has 3 aromatic rings. The minimum Gasteiger partial charge on any atom is -0.351 e. The molecule has 1 amide bonds. The minimum atomic E-state index is -0.172. The van der Waals surface area contributed by atoms with Crippen molar-refractivity contribution >= 4 is 16.8 Å². The fourth-order valence-electron chi connectivity index (χ4n) is 2.97. The molecule has 0 radical (unpaired) electrons. The lowest BCUT2D eigenvalue weighted by Crippen LogP contribution is -2.37. The van der Waals surface area contributed by atoms with E-state index in [1.165, 1.54) is 0 Å². The van der Waals surface area contributed by atoms with Gasteiger partial charge < -0.3 is 21.8 Å². The lowest BCUT2D eigenvalue weighted by Gasteiger charge is -2.11. The van der Waals surface area contributed by atoms with Gasteiger partial charge in [-0.25, -0.2) is 0 Å². The highest BCUT2D eigenvalue weighted by molar-refractivity contribution is 5.98. The Morgan fingerprint density at radius 2 is 1.89 bits per heavy atom. The Balaban J connectivity index is 1.73. The van der Waals surface area contributed by atoms with Gasteiger partial charge in [0.15, 0.2) is 0 Å². The summed E-state index contributed by atoms with van der Waals surface area (Å²) >= 11 is 0. The van der Waals surface area contributed by atoms with Gasteiger partial charge in [0, 0.05) is 23.5 Å². The van der Waals surface area contributed by atoms with E-state index in [0.29, 0.717) is 24.3 Å². The number of carbonyl (C=O) groups excluding carboxylic acids is 1. The van der Waals surface area contributed by atoms with Crippen molar-refractivity contribution in [3.05, 3.63) is 59.8 Å². The highest BCUT2D eigenvalue weighted by Crippen LogP contribution is 2.25. The quantitative estimate of drug-likeness (QED) is 0.516. The summed E-state index contributed by atoms with van der Waals surface area (Å²) in [6.45, 7) is 1.02. The van der Waals surface area contributed by atoms with Crippen LogP contribution in [0.5, 0.6) is 0 Å². The van der Waals surface area contributed by atoms with Crippen molar-refractivity contribution in [1.82, 2.24) is 10.3 Å². The summed E-state index contributed by atoms with van der Waals surface area (Å²) in [5, 5.41) is 12.7. The van der Waals surface area contributed by atoms with Gasteiger partial charge in [-0.15, -0.1) is 0 Å². The molecule has 1 heterocycles. The second-order valence-corrected chi connectivity index (χ2v) is 6.58. The molecular formula is C21H23N5O. The molecule has 6 nitrogen and oxygen atoms in total. The monoisotopic (exact) mass is 361 g/mol. The van der Waals surface area contributed by atoms with E-state index in [-0.39, 0.29) is 11.9 Å². The van der Waals surface area contributed by atoms with Crippen LogP contribution in [0.25, 0.3) is 22.0 Å². The Kier molecular flexibility index (Phi) is 5.87. The van der Waals surface area contributed by atoms with Crippen molar-refractivity contribution in [1.29, 1.82) is 5.26 Å². The number of carbonyl (C=O) groups is 1. The summed E-state index contributed by atoms with van der Waals surface area (Å²) in [7, 11) is 0. The molecule has 1 unspecified atom stereocenters. The molecule has 2 aromatic carbocycles. The first-order valence-corrected chi connectivity index (χ1v) is 8.98. The molecule has 0 aliphatic carbocycles. The van der Waals surface area contributed by atoms with Crippen LogP contribution in [0, 0.1) is 11.3 Å². The van der Waals surface area contributed by atoms with Gasteiger partial charge in [0.25, 0.3) is 5.91 Å². The summed E-state index contributed by atoms with van der Waals surface area (Å²) in [6.07, 6.45) is 1.64. The topological polar surface area (TPSA) is 121 Å². The molecule has 138 valence electrons. The number of hydrogen-bond donors (Lipinski definition) is 4. The standard InChI is InChI=1S/C21H23N5O/c22-9-1-2-18(24)13-25-21(27)20-11-17-8-7-16(10-19(17)26-20)15-5-3-14(12-23)4-6-15/h3-8,10-11,18,26H,1-2,9,13,22,24H2,(H,25,27). The third-order valence-electron chi connectivity index (χ3n) is 4.52. The van der Waals surface area contributed by atoms with Crippen LogP contribution in [0.15, 0.2) is 48.5 Å². The summed E-state index contributed by atoms with van der Waals surface area (Å²) in [6, 6.07) is 17.3. The van der Waals surface area contributed by atoms with Crippen molar-refractivity contribution < 1.29 is 4.79 Å². The van der Waals surface area contributed by atoms with Crippen LogP contribution in [0.3, 0.4) is 0 Å². The molecule has 0 aliphatic rings. The molecule has 0 saturated heterocycles. The van der Waals surface area contributed by atoms with Crippen LogP contribution < -0.4 is 16.8 Å². The summed E-state index contributed by atoms with van der Waals surface area (Å²) in [4.78, 5) is 15.5. The number of aromatic nitrogens is 1. The molecule has 0 bridgehead atoms. The highest BCUT2D eigenvalue weighted by atomic mass is 16.1. The zero-order valence-electron chi connectivity index (χ0n) is 15.0. The number of nitrogens with zero attached hydrogens (tertiary/aromatic N) is 1. The van der Waals surface area contributed by atoms with E-state index in [1.54, 1.807) is 12.1 Å². The number of fused-ring (bicyclic) bond motifs is 1. The van der Waals surface area contributed by atoms with Crippen LogP contribution in [0.4, 0.5) is 0 Å². The van der Waals surface area contributed by atoms with E-state index in [1.807, 2.05) is 36.4 Å². The Hall–Kier alpha value is -3.14. The van der Waals surface area contributed by atoms with E-state index in [4.69, 9.17) is 16.7 Å². The van der Waals surface area contributed by atoms with Crippen LogP contribution in [-0.4, -0.2) is 30.0 Å². The maximum atomic E-state index is 12.4. The van der Waals surface area contributed by atoms with Crippen molar-refractivity contribution in [2.75, 3.05) is 13.1 Å². The number of benzene rings is 2. The maximum absolute atomic E-state index is 12.4. The molecule has 6 heteroatoms. The third kappa shape index (κ3) is 4.53. The number of aromatic amines is 1. The molecular weight excluding hydrogens is 338 g/mol. The second-order valence-electron chi connectivity index (χ2n) is 6.58. The van der Waals surface area contributed by atoms with Gasteiger partial charge in [-0.05, 0) is 54.8 Å². The number of rotatable bonds is 7. The molecule has 1 atom stereocenters. The predicted molar refractivity (Wildman–Crippen MR) is 107 cm³/mol. The first-order chi connectivity index (χ1) is 13.1. The number of nitriles is 1. The number of nitrogens with two attached hydrogens (primary N) is 2. The first kappa shape index (κ1) is 18.6. The highest BCUT2D eigenvalue weighted by Gasteiger charge is 2.11. The van der Waals surface area contributed by atoms with E-state index < -0.39 is 0 Å². The van der Waals surface area contributed by atoms with Gasteiger partial charge in [-0.1, -0.05) is 24.3 Å². The molecule has 6 N–H and O–H groups in total. The van der Waals surface area contributed by atoms with Crippen molar-refractivity contribution in [3.8, 4) is 17.2 Å². The van der Waals surface area contributed by atoms with E-state index in [2.05, 4.69) is 16.4 Å². The first-order valence-electron chi connectivity index (χ1n) is 8.98. The van der Waals surface area contributed by atoms with Crippen LogP contribution >= 0.6 is 0 Å². The second kappa shape index (κ2) is 8.49. The molecule has 1 aromatic heterocycles. The molecule has 0 saturated carbocycles. The number of H-pyrrole nitrogens is 1. The third-order valence-corrected chi connectivity index (χ3v) is 4.52. The molecule has 27 heavy (non-hydrogen) atoms. The van der Waals surface area contributed by atoms with E-state index in [0.717, 1.165) is 34.9 Å². The van der Waals surface area contributed by atoms with Gasteiger partial charge in [-0.3, -0.25) is 4.79 Å². The fraction of sp³-hybridized carbons (Fsp3) is 0.238. The lowest BCUT2D eigenvalue weighted by atomic mass is 10.0. The Morgan fingerprint density at radius 3 is 2.59 bits per heavy atom. The van der Waals surface area contributed by atoms with E-state index >= 15 is 0 Å². The van der Waals surface area contributed by atoms with Crippen molar-refractivity contribution in [2.45, 2.75) is 18.9 Å². The smallest absolute Gasteiger partial charge is 0.267 e. The number of nitrogens with one attached hydrogen (secondary N) is 2. The number of hydrogen-bond acceptors (Lipinski definition) is 4. The van der Waals surface area contributed by atoms with Gasteiger partial charge in [0.05, 0.1) is 11.6 Å². The SMILES string of the molecule is N#Cc1ccc(-c2ccc3cc(C(=O)NCC(N)CCCN)[nH]c3c2)cc1. The van der Waals surface area contributed by atoms with Gasteiger partial charge in [-0.2, -0.15) is 5.26 Å². The summed E-state index contributed by atoms with van der Waals surface area (Å²) < 4.78 is 0. The normalized spacial score (nSPS) is 11.9. The Morgan fingerprint density at radius 1 is 1.15 bits per heavy atom. The van der Waals surface area contributed by atoms with Gasteiger partial charge >= 0.3 is 0 Å². The average molecular weight is 361 g/mol. The average Bonchev–Trinajstić information content (AvgIpc) is 3.14. The van der Waals surface area contributed by atoms with Gasteiger partial charge in [0.1, 0.15) is 5.69 Å². The van der Waals surface area contributed by atoms with Crippen LogP contribution in [0.2, 0.25) is 0 Å². The number of amides is 1. The largest absolute Gasteiger partial charge is 0.351 e. The van der Waals surface area contributed by atoms with Crippen molar-refractivity contribution in [2.24, 2.45) is 11.5 Å². The molecule has 0 aliphatic heterocycles. The van der Waals surface area contributed by atoms with Crippen LogP contribution in [0.1, 0.15) is 28.9 Å². The summed E-state index contributed by atoms with van der Waals surface area (Å²) in [5.74, 6) is -0.172. The fourth-order valence-corrected chi connectivity index (χ4v) is 2.97. The minimum absolute atomic E-state index is 0.0927. The molecule has 3 rings (SSSR count). The zero-order chi connectivity index (χ0) is 19.2. The Bertz CT molecular complexity index is 968. The molecule has 0 fully saturated rings. The Labute approximate surface area is 158 Å². The van der Waals surface area contributed by atoms with E-state index in [9.17, 15) is 4.79 Å². The lowest BCUT2D eigenvalue weighted by molar-refractivity contribution is 0.0946.